The highest BCUT2D eigenvalue weighted by molar-refractivity contribution is 6.02. The Morgan fingerprint density at radius 1 is 0.600 bits per heavy atom. The summed E-state index contributed by atoms with van der Waals surface area (Å²) in [5.41, 5.74) is 0.765. The number of ketones is 8. The molecule has 0 amide bonds. The Labute approximate surface area is 383 Å². The quantitative estimate of drug-likeness (QED) is 0.0631. The number of Topliss-reactive ketones (excluding diaryl/α,β-unsaturated/α-hetero) is 8. The number of ether oxygens (including phenoxy) is 3. The summed E-state index contributed by atoms with van der Waals surface area (Å²) in [6.45, 7) is 13.0. The lowest BCUT2D eigenvalue weighted by molar-refractivity contribution is -0.155. The molecule has 0 radical (unpaired) electrons. The van der Waals surface area contributed by atoms with Crippen molar-refractivity contribution in [1.29, 1.82) is 0 Å². The van der Waals surface area contributed by atoms with Crippen molar-refractivity contribution in [2.75, 3.05) is 20.3 Å². The van der Waals surface area contributed by atoms with Crippen molar-refractivity contribution in [3.63, 3.8) is 0 Å². The van der Waals surface area contributed by atoms with Gasteiger partial charge in [0.15, 0.2) is 0 Å². The van der Waals surface area contributed by atoms with E-state index >= 15 is 0 Å². The highest BCUT2D eigenvalue weighted by Gasteiger charge is 2.55. The number of carbonyl (C=O) groups excluding carboxylic acids is 11. The van der Waals surface area contributed by atoms with Gasteiger partial charge >= 0.3 is 23.9 Å². The maximum atomic E-state index is 11.7. The van der Waals surface area contributed by atoms with E-state index in [-0.39, 0.29) is 100 Å². The minimum absolute atomic E-state index is 0.0213. The summed E-state index contributed by atoms with van der Waals surface area (Å²) in [5, 5.41) is 8.49. The van der Waals surface area contributed by atoms with Crippen molar-refractivity contribution >= 4 is 70.1 Å². The van der Waals surface area contributed by atoms with E-state index in [1.54, 1.807) is 19.9 Å². The zero-order valence-corrected chi connectivity index (χ0v) is 40.1. The van der Waals surface area contributed by atoms with Gasteiger partial charge in [-0.1, -0.05) is 5.57 Å². The maximum Gasteiger partial charge on any atom is 0.330 e. The first kappa shape index (κ1) is 58.0. The van der Waals surface area contributed by atoms with Crippen molar-refractivity contribution in [1.82, 2.24) is 0 Å². The van der Waals surface area contributed by atoms with Gasteiger partial charge in [-0.15, -0.1) is 0 Å². The zero-order chi connectivity index (χ0) is 49.8. The van der Waals surface area contributed by atoms with E-state index in [1.807, 2.05) is 6.92 Å². The van der Waals surface area contributed by atoms with Gasteiger partial charge < -0.3 is 33.7 Å². The molecule has 16 heteroatoms. The molecule has 1 atom stereocenters. The second-order valence-electron chi connectivity index (χ2n) is 18.9. The summed E-state index contributed by atoms with van der Waals surface area (Å²) in [6.07, 6.45) is 14.7. The van der Waals surface area contributed by atoms with E-state index in [9.17, 15) is 57.5 Å². The normalized spacial score (nSPS) is 18.8. The molecule has 6 aliphatic rings. The highest BCUT2D eigenvalue weighted by atomic mass is 16.5. The molecular weight excluding hydrogens is 845 g/mol. The van der Waals surface area contributed by atoms with Crippen LogP contribution in [0.1, 0.15) is 177 Å². The fraction of sp³-hybridized carbons (Fsp3) is 0.714. The molecule has 1 spiro atoms. The Bertz CT molecular complexity index is 1760. The molecule has 6 rings (SSSR count). The summed E-state index contributed by atoms with van der Waals surface area (Å²) in [6, 6.07) is 0. The van der Waals surface area contributed by atoms with E-state index in [0.717, 1.165) is 64.2 Å². The predicted molar refractivity (Wildman–Crippen MR) is 236 cm³/mol. The highest BCUT2D eigenvalue weighted by Crippen LogP contribution is 2.56. The third kappa shape index (κ3) is 25.3. The van der Waals surface area contributed by atoms with Gasteiger partial charge in [-0.3, -0.25) is 38.4 Å². The van der Waals surface area contributed by atoms with Crippen molar-refractivity contribution in [2.24, 2.45) is 27.6 Å². The number of hydrogen-bond acceptors (Lipinski definition) is 15. The maximum absolute atomic E-state index is 11.7. The molecule has 0 aromatic heterocycles. The van der Waals surface area contributed by atoms with Gasteiger partial charge in [0.25, 0.3) is 0 Å². The van der Waals surface area contributed by atoms with Crippen molar-refractivity contribution in [2.45, 2.75) is 177 Å². The molecule has 0 aliphatic heterocycles. The average Bonchev–Trinajstić information content (AvgIpc) is 3.89. The number of carbonyl (C=O) groups is 12. The zero-order valence-electron chi connectivity index (χ0n) is 40.1. The van der Waals surface area contributed by atoms with Crippen LogP contribution in [0.2, 0.25) is 0 Å². The SMILES string of the molecule is CC(=O)CC(C)=O.CC(=O)CC1(CC(=O)O)CC1.CCOC(=O)C(C(C)=O)C1(CC(C)=O)CC1.CCOC(=O)C=C1CC1.COC(=O)CC1(CC(C)=O)CC1.O=C1CC(=O)CC2(CC2)C1. The van der Waals surface area contributed by atoms with Crippen LogP contribution in [0.4, 0.5) is 0 Å². The van der Waals surface area contributed by atoms with Gasteiger partial charge in [0.1, 0.15) is 52.2 Å². The van der Waals surface area contributed by atoms with Crippen LogP contribution >= 0.6 is 0 Å². The van der Waals surface area contributed by atoms with Gasteiger partial charge in [-0.05, 0) is 141 Å². The minimum Gasteiger partial charge on any atom is -0.481 e. The lowest BCUT2D eigenvalue weighted by atomic mass is 9.82. The molecule has 0 aromatic carbocycles. The van der Waals surface area contributed by atoms with Crippen LogP contribution in [0, 0.1) is 27.6 Å². The van der Waals surface area contributed by atoms with E-state index in [1.165, 1.54) is 47.3 Å². The molecule has 364 valence electrons. The van der Waals surface area contributed by atoms with E-state index in [4.69, 9.17) is 9.84 Å². The molecule has 65 heavy (non-hydrogen) atoms. The second kappa shape index (κ2) is 26.8. The summed E-state index contributed by atoms with van der Waals surface area (Å²) in [7, 11) is 1.38. The minimum atomic E-state index is -0.788. The number of aliphatic carboxylic acids is 1. The van der Waals surface area contributed by atoms with Crippen LogP contribution in [0.5, 0.6) is 0 Å². The molecule has 6 saturated carbocycles. The van der Waals surface area contributed by atoms with Crippen LogP contribution in [-0.4, -0.2) is 95.6 Å². The molecular formula is C49H72O16. The van der Waals surface area contributed by atoms with E-state index < -0.39 is 23.3 Å². The van der Waals surface area contributed by atoms with Gasteiger partial charge in [-0.2, -0.15) is 0 Å². The largest absolute Gasteiger partial charge is 0.481 e. The standard InChI is InChI=1S/C12H18O4.C9H14O3.C8H12O3.C8H10O2.C7H10O2.C5H8O2/c1-4-16-11(15)10(9(3)14)12(5-6-12)7-8(2)13;1-7(10)5-9(3-4-9)6-8(11)12-2;1-6(9)4-8(2-3-8)5-7(10)11;9-6-3-7(10)5-8(4-6)1-2-8;1-2-9-7(8)5-6-3-4-6;1-4(6)3-5(2)7/h10H,4-7H2,1-3H3;3-6H2,1-2H3;2-5H2,1H3,(H,10,11);1-5H2;5H,2-4H2,1H3;3H2,1-2H3. The monoisotopic (exact) mass is 916 g/mol. The Hall–Kier alpha value is -5.02. The summed E-state index contributed by atoms with van der Waals surface area (Å²) < 4.78 is 14.1. The Balaban J connectivity index is 0.000000397. The summed E-state index contributed by atoms with van der Waals surface area (Å²) >= 11 is 0. The van der Waals surface area contributed by atoms with Crippen molar-refractivity contribution in [3.05, 3.63) is 11.6 Å². The topological polar surface area (TPSA) is 253 Å². The molecule has 0 heterocycles. The third-order valence-electron chi connectivity index (χ3n) is 11.6. The van der Waals surface area contributed by atoms with Crippen molar-refractivity contribution < 1.29 is 76.9 Å². The lowest BCUT2D eigenvalue weighted by Gasteiger charge is -2.21. The molecule has 0 bridgehead atoms. The third-order valence-corrected chi connectivity index (χ3v) is 11.6. The number of carboxylic acids is 1. The van der Waals surface area contributed by atoms with E-state index in [0.29, 0.717) is 45.1 Å². The van der Waals surface area contributed by atoms with Crippen LogP contribution < -0.4 is 0 Å². The summed E-state index contributed by atoms with van der Waals surface area (Å²) in [5.74, 6) is -2.12. The molecule has 16 nitrogen and oxygen atoms in total. The predicted octanol–water partition coefficient (Wildman–Crippen LogP) is 6.96. The first-order valence-corrected chi connectivity index (χ1v) is 22.5. The number of carboxylic acid groups (broad SMARTS) is 1. The molecule has 6 aliphatic carbocycles. The number of allylic oxidation sites excluding steroid dienone is 1. The molecule has 6 fully saturated rings. The number of hydrogen-bond donors (Lipinski definition) is 1. The number of rotatable bonds is 18. The molecule has 0 saturated heterocycles. The second-order valence-corrected chi connectivity index (χ2v) is 18.9. The van der Waals surface area contributed by atoms with E-state index in [2.05, 4.69) is 9.47 Å². The molecule has 1 N–H and O–H groups in total. The molecule has 0 aromatic rings. The Morgan fingerprint density at radius 3 is 1.34 bits per heavy atom. The Kier molecular flexibility index (Phi) is 23.9. The van der Waals surface area contributed by atoms with Crippen molar-refractivity contribution in [3.8, 4) is 0 Å². The van der Waals surface area contributed by atoms with Gasteiger partial charge in [0.05, 0.1) is 46.0 Å². The van der Waals surface area contributed by atoms with Gasteiger partial charge in [0.2, 0.25) is 0 Å². The van der Waals surface area contributed by atoms with Gasteiger partial charge in [-0.25, -0.2) is 4.79 Å². The number of esters is 3. The average molecular weight is 917 g/mol. The first-order valence-electron chi connectivity index (χ1n) is 22.5. The fourth-order valence-electron chi connectivity index (χ4n) is 7.93. The fourth-order valence-corrected chi connectivity index (χ4v) is 7.93. The van der Waals surface area contributed by atoms with Gasteiger partial charge in [0, 0.05) is 38.2 Å². The van der Waals surface area contributed by atoms with Crippen LogP contribution in [0.3, 0.4) is 0 Å². The smallest absolute Gasteiger partial charge is 0.330 e. The van der Waals surface area contributed by atoms with Crippen LogP contribution in [0.25, 0.3) is 0 Å². The molecule has 1 unspecified atom stereocenters. The lowest BCUT2D eigenvalue weighted by Crippen LogP contribution is -2.34. The number of methoxy groups -OCH3 is 1. The first-order chi connectivity index (χ1) is 30.2. The van der Waals surface area contributed by atoms with Crippen LogP contribution in [-0.2, 0) is 71.7 Å². The Morgan fingerprint density at radius 2 is 1.05 bits per heavy atom. The summed E-state index contributed by atoms with van der Waals surface area (Å²) in [4.78, 5) is 130. The van der Waals surface area contributed by atoms with Crippen LogP contribution in [0.15, 0.2) is 11.6 Å².